The molecule has 16 heavy (non-hydrogen) atoms. The summed E-state index contributed by atoms with van der Waals surface area (Å²) in [6.07, 6.45) is 0. The summed E-state index contributed by atoms with van der Waals surface area (Å²) >= 11 is 9.64. The molecule has 0 bridgehead atoms. The van der Waals surface area contributed by atoms with Crippen molar-refractivity contribution in [2.45, 2.75) is 6.54 Å². The third-order valence-electron chi connectivity index (χ3n) is 2.43. The fraction of sp³-hybridized carbons (Fsp3) is 0.273. The maximum Gasteiger partial charge on any atom is 0.138 e. The van der Waals surface area contributed by atoms with Crippen molar-refractivity contribution in [2.24, 2.45) is 0 Å². The summed E-state index contributed by atoms with van der Waals surface area (Å²) in [4.78, 5) is 3.31. The van der Waals surface area contributed by atoms with Crippen LogP contribution in [-0.2, 0) is 6.54 Å². The number of fused-ring (bicyclic) bond motifs is 1. The average Bonchev–Trinajstić information content (AvgIpc) is 2.55. The van der Waals surface area contributed by atoms with Gasteiger partial charge >= 0.3 is 0 Å². The Labute approximate surface area is 107 Å². The Bertz CT molecular complexity index is 524. The molecule has 2 aromatic rings. The second-order valence-electron chi connectivity index (χ2n) is 3.48. The van der Waals surface area contributed by atoms with Crippen molar-refractivity contribution in [2.75, 3.05) is 14.2 Å². The van der Waals surface area contributed by atoms with E-state index in [1.54, 1.807) is 7.11 Å². The van der Waals surface area contributed by atoms with Gasteiger partial charge in [-0.3, -0.25) is 0 Å². The highest BCUT2D eigenvalue weighted by Crippen LogP contribution is 2.35. The van der Waals surface area contributed by atoms with Crippen molar-refractivity contribution in [3.8, 4) is 5.75 Å². The van der Waals surface area contributed by atoms with Crippen LogP contribution >= 0.6 is 27.5 Å². The van der Waals surface area contributed by atoms with E-state index in [0.717, 1.165) is 27.6 Å². The van der Waals surface area contributed by atoms with Gasteiger partial charge in [0.1, 0.15) is 5.75 Å². The molecule has 0 saturated carbocycles. The Hall–Kier alpha value is -0.710. The first kappa shape index (κ1) is 11.8. The Kier molecular flexibility index (Phi) is 3.42. The molecule has 0 aliphatic rings. The summed E-state index contributed by atoms with van der Waals surface area (Å²) in [6.45, 7) is 0.773. The van der Waals surface area contributed by atoms with Gasteiger partial charge < -0.3 is 15.0 Å². The van der Waals surface area contributed by atoms with Crippen LogP contribution in [0.3, 0.4) is 0 Å². The summed E-state index contributed by atoms with van der Waals surface area (Å²) in [7, 11) is 3.52. The molecule has 0 saturated heterocycles. The zero-order valence-electron chi connectivity index (χ0n) is 9.03. The third-order valence-corrected chi connectivity index (χ3v) is 3.63. The molecule has 0 aliphatic heterocycles. The summed E-state index contributed by atoms with van der Waals surface area (Å²) in [5, 5.41) is 4.79. The van der Waals surface area contributed by atoms with Crippen molar-refractivity contribution < 1.29 is 4.74 Å². The molecule has 1 heterocycles. The van der Waals surface area contributed by atoms with Gasteiger partial charge in [-0.05, 0) is 35.1 Å². The topological polar surface area (TPSA) is 37.0 Å². The lowest BCUT2D eigenvalue weighted by atomic mass is 10.2. The number of ether oxygens (including phenoxy) is 1. The second-order valence-corrected chi connectivity index (χ2v) is 4.68. The third kappa shape index (κ3) is 1.93. The van der Waals surface area contributed by atoms with E-state index in [1.807, 2.05) is 19.2 Å². The zero-order valence-corrected chi connectivity index (χ0v) is 11.4. The highest BCUT2D eigenvalue weighted by Gasteiger charge is 2.11. The molecule has 1 aromatic heterocycles. The van der Waals surface area contributed by atoms with E-state index in [2.05, 4.69) is 26.2 Å². The van der Waals surface area contributed by atoms with Crippen LogP contribution in [0.5, 0.6) is 5.75 Å². The van der Waals surface area contributed by atoms with Gasteiger partial charge in [-0.1, -0.05) is 11.6 Å². The molecule has 0 amide bonds. The van der Waals surface area contributed by atoms with Gasteiger partial charge in [0.15, 0.2) is 0 Å². The molecule has 0 unspecified atom stereocenters. The van der Waals surface area contributed by atoms with Gasteiger partial charge in [-0.25, -0.2) is 0 Å². The molecular weight excluding hydrogens is 291 g/mol. The fourth-order valence-electron chi connectivity index (χ4n) is 1.67. The Morgan fingerprint density at radius 2 is 2.25 bits per heavy atom. The van der Waals surface area contributed by atoms with Crippen LogP contribution in [0.1, 0.15) is 5.69 Å². The van der Waals surface area contributed by atoms with Crippen LogP contribution in [-0.4, -0.2) is 19.1 Å². The summed E-state index contributed by atoms with van der Waals surface area (Å²) in [5.41, 5.74) is 2.10. The molecule has 1 aromatic carbocycles. The molecule has 0 fully saturated rings. The minimum Gasteiger partial charge on any atom is -0.495 e. The number of halogens is 2. The van der Waals surface area contributed by atoms with Crippen molar-refractivity contribution in [1.82, 2.24) is 10.3 Å². The van der Waals surface area contributed by atoms with Crippen molar-refractivity contribution in [3.63, 3.8) is 0 Å². The number of methoxy groups -OCH3 is 1. The van der Waals surface area contributed by atoms with Gasteiger partial charge in [0.2, 0.25) is 0 Å². The van der Waals surface area contributed by atoms with E-state index in [0.29, 0.717) is 10.8 Å². The van der Waals surface area contributed by atoms with E-state index in [-0.39, 0.29) is 0 Å². The molecular formula is C11H12BrClN2O. The summed E-state index contributed by atoms with van der Waals surface area (Å²) in [6, 6.07) is 3.80. The number of rotatable bonds is 3. The smallest absolute Gasteiger partial charge is 0.138 e. The maximum atomic E-state index is 6.07. The number of benzene rings is 1. The first-order valence-corrected chi connectivity index (χ1v) is 6.02. The lowest BCUT2D eigenvalue weighted by molar-refractivity contribution is 0.415. The van der Waals surface area contributed by atoms with Crippen LogP contribution in [0.25, 0.3) is 10.9 Å². The molecule has 2 rings (SSSR count). The number of nitrogens with one attached hydrogen (secondary N) is 2. The van der Waals surface area contributed by atoms with E-state index in [9.17, 15) is 0 Å². The number of hydrogen-bond donors (Lipinski definition) is 2. The zero-order chi connectivity index (χ0) is 11.7. The number of hydrogen-bond acceptors (Lipinski definition) is 2. The average molecular weight is 304 g/mol. The van der Waals surface area contributed by atoms with Crippen molar-refractivity contribution in [1.29, 1.82) is 0 Å². The van der Waals surface area contributed by atoms with Crippen molar-refractivity contribution in [3.05, 3.63) is 27.3 Å². The van der Waals surface area contributed by atoms with Crippen LogP contribution in [0.2, 0.25) is 5.02 Å². The largest absolute Gasteiger partial charge is 0.495 e. The highest BCUT2D eigenvalue weighted by atomic mass is 79.9. The summed E-state index contributed by atoms with van der Waals surface area (Å²) < 4.78 is 6.24. The fourth-order valence-corrected chi connectivity index (χ4v) is 2.48. The Balaban J connectivity index is 2.63. The van der Waals surface area contributed by atoms with Gasteiger partial charge in [-0.2, -0.15) is 0 Å². The molecule has 0 spiro atoms. The first-order chi connectivity index (χ1) is 7.67. The number of aromatic nitrogens is 1. The molecule has 5 heteroatoms. The predicted molar refractivity (Wildman–Crippen MR) is 70.3 cm³/mol. The lowest BCUT2D eigenvalue weighted by Gasteiger charge is -2.02. The molecule has 3 nitrogen and oxygen atoms in total. The van der Waals surface area contributed by atoms with E-state index < -0.39 is 0 Å². The normalized spacial score (nSPS) is 11.0. The summed E-state index contributed by atoms with van der Waals surface area (Å²) in [5.74, 6) is 0.685. The maximum absolute atomic E-state index is 6.07. The molecule has 2 N–H and O–H groups in total. The number of H-pyrrole nitrogens is 1. The Morgan fingerprint density at radius 1 is 1.50 bits per heavy atom. The van der Waals surface area contributed by atoms with Gasteiger partial charge in [0, 0.05) is 27.6 Å². The second kappa shape index (κ2) is 4.65. The molecule has 0 radical (unpaired) electrons. The van der Waals surface area contributed by atoms with Crippen LogP contribution < -0.4 is 10.1 Å². The van der Waals surface area contributed by atoms with E-state index >= 15 is 0 Å². The van der Waals surface area contributed by atoms with Crippen LogP contribution in [0.4, 0.5) is 0 Å². The standard InChI is InChI=1S/C11H12BrClN2O/c1-14-5-9-11(12)6-3-10(16-2)7(13)4-8(6)15-9/h3-4,14-15H,5H2,1-2H3. The van der Waals surface area contributed by atoms with Crippen LogP contribution in [0, 0.1) is 0 Å². The Morgan fingerprint density at radius 3 is 2.88 bits per heavy atom. The minimum atomic E-state index is 0.611. The highest BCUT2D eigenvalue weighted by molar-refractivity contribution is 9.10. The molecule has 0 aliphatic carbocycles. The van der Waals surface area contributed by atoms with Crippen LogP contribution in [0.15, 0.2) is 16.6 Å². The predicted octanol–water partition coefficient (Wildman–Crippen LogP) is 3.31. The minimum absolute atomic E-state index is 0.611. The van der Waals surface area contributed by atoms with Gasteiger partial charge in [0.05, 0.1) is 12.1 Å². The monoisotopic (exact) mass is 302 g/mol. The quantitative estimate of drug-likeness (QED) is 0.913. The SMILES string of the molecule is CNCc1[nH]c2cc(Cl)c(OC)cc2c1Br. The van der Waals surface area contributed by atoms with E-state index in [4.69, 9.17) is 16.3 Å². The van der Waals surface area contributed by atoms with Gasteiger partial charge in [0.25, 0.3) is 0 Å². The lowest BCUT2D eigenvalue weighted by Crippen LogP contribution is -2.05. The number of aromatic amines is 1. The van der Waals surface area contributed by atoms with E-state index in [1.165, 1.54) is 0 Å². The van der Waals surface area contributed by atoms with Gasteiger partial charge in [-0.15, -0.1) is 0 Å². The molecule has 0 atom stereocenters. The first-order valence-electron chi connectivity index (χ1n) is 4.85. The molecule has 86 valence electrons. The van der Waals surface area contributed by atoms with Crippen molar-refractivity contribution >= 4 is 38.4 Å².